The first-order chi connectivity index (χ1) is 11.9. The van der Waals surface area contributed by atoms with Crippen LogP contribution in [-0.4, -0.2) is 30.3 Å². The number of allylic oxidation sites excluding steroid dienone is 1. The lowest BCUT2D eigenvalue weighted by Gasteiger charge is -2.28. The molecule has 0 radical (unpaired) electrons. The summed E-state index contributed by atoms with van der Waals surface area (Å²) >= 11 is 0. The van der Waals surface area contributed by atoms with E-state index in [1.165, 1.54) is 12.1 Å². The number of carboxylic acid groups (broad SMARTS) is 1. The second-order valence-corrected chi connectivity index (χ2v) is 5.72. The number of cyclic esters (lactones) is 1. The number of carboxylic acids is 1. The summed E-state index contributed by atoms with van der Waals surface area (Å²) in [6, 6.07) is 3.66. The molecule has 0 aliphatic carbocycles. The van der Waals surface area contributed by atoms with Gasteiger partial charge in [-0.2, -0.15) is 0 Å². The van der Waals surface area contributed by atoms with Crippen molar-refractivity contribution < 1.29 is 32.6 Å². The molecule has 5 nitrogen and oxygen atoms in total. The molecule has 1 aromatic carbocycles. The molecule has 2 heterocycles. The van der Waals surface area contributed by atoms with E-state index in [1.54, 1.807) is 0 Å². The summed E-state index contributed by atoms with van der Waals surface area (Å²) in [4.78, 5) is 23.8. The Morgan fingerprint density at radius 3 is 2.80 bits per heavy atom. The van der Waals surface area contributed by atoms with Gasteiger partial charge in [0.1, 0.15) is 25.3 Å². The molecule has 0 amide bonds. The number of halogens is 3. The number of alkyl halides is 2. The lowest BCUT2D eigenvalue weighted by Crippen LogP contribution is -2.31. The highest BCUT2D eigenvalue weighted by Gasteiger charge is 2.43. The highest BCUT2D eigenvalue weighted by atomic mass is 19.1. The van der Waals surface area contributed by atoms with Crippen LogP contribution in [0.2, 0.25) is 0 Å². The molecule has 3 rings (SSSR count). The molecule has 2 atom stereocenters. The summed E-state index contributed by atoms with van der Waals surface area (Å²) in [6.07, 6.45) is -1.75. The minimum atomic E-state index is -1.75. The Balaban J connectivity index is 2.31. The third-order valence-electron chi connectivity index (χ3n) is 4.26. The van der Waals surface area contributed by atoms with E-state index >= 15 is 0 Å². The number of esters is 1. The predicted octanol–water partition coefficient (Wildman–Crippen LogP) is 2.66. The Labute approximate surface area is 140 Å². The number of hydrogen-bond acceptors (Lipinski definition) is 4. The predicted molar refractivity (Wildman–Crippen MR) is 80.4 cm³/mol. The lowest BCUT2D eigenvalue weighted by molar-refractivity contribution is -0.136. The highest BCUT2D eigenvalue weighted by Crippen LogP contribution is 2.44. The first-order valence-electron chi connectivity index (χ1n) is 7.48. The summed E-state index contributed by atoms with van der Waals surface area (Å²) in [5.41, 5.74) is -0.996. The van der Waals surface area contributed by atoms with Gasteiger partial charge in [-0.05, 0) is 18.6 Å². The number of carbonyl (C=O) groups is 2. The van der Waals surface area contributed by atoms with Crippen LogP contribution in [0.3, 0.4) is 0 Å². The van der Waals surface area contributed by atoms with Crippen molar-refractivity contribution in [3.63, 3.8) is 0 Å². The number of nitrogens with one attached hydrogen (secondary N) is 1. The van der Waals surface area contributed by atoms with Crippen molar-refractivity contribution in [1.82, 2.24) is 5.32 Å². The van der Waals surface area contributed by atoms with Gasteiger partial charge in [0.2, 0.25) is 0 Å². The summed E-state index contributed by atoms with van der Waals surface area (Å²) in [5, 5.41) is 12.1. The van der Waals surface area contributed by atoms with Crippen molar-refractivity contribution in [3.05, 3.63) is 57.7 Å². The Morgan fingerprint density at radius 1 is 1.48 bits per heavy atom. The monoisotopic (exact) mass is 353 g/mol. The normalized spacial score (nSPS) is 21.0. The van der Waals surface area contributed by atoms with Gasteiger partial charge in [-0.1, -0.05) is 12.1 Å². The topological polar surface area (TPSA) is 75.6 Å². The molecular weight excluding hydrogens is 339 g/mol. The van der Waals surface area contributed by atoms with Crippen molar-refractivity contribution in [2.45, 2.75) is 19.0 Å². The lowest BCUT2D eigenvalue weighted by atomic mass is 9.78. The van der Waals surface area contributed by atoms with Crippen molar-refractivity contribution in [1.29, 1.82) is 0 Å². The summed E-state index contributed by atoms with van der Waals surface area (Å²) in [6.45, 7) is -0.221. The van der Waals surface area contributed by atoms with Gasteiger partial charge < -0.3 is 15.2 Å². The van der Waals surface area contributed by atoms with Gasteiger partial charge >= 0.3 is 11.9 Å². The molecule has 0 aromatic heterocycles. The molecule has 0 bridgehead atoms. The van der Waals surface area contributed by atoms with E-state index in [9.17, 15) is 27.9 Å². The molecular formula is C17H14F3NO4. The van der Waals surface area contributed by atoms with Crippen LogP contribution >= 0.6 is 0 Å². The number of aliphatic carboxylic acids is 1. The molecule has 0 fully saturated rings. The van der Waals surface area contributed by atoms with Crippen LogP contribution in [0.15, 0.2) is 40.7 Å². The number of ether oxygens (including phenoxy) is 1. The largest absolute Gasteiger partial charge is 0.478 e. The second kappa shape index (κ2) is 6.27. The average molecular weight is 353 g/mol. The zero-order chi connectivity index (χ0) is 18.3. The van der Waals surface area contributed by atoms with Crippen molar-refractivity contribution >= 4 is 11.9 Å². The molecule has 25 heavy (non-hydrogen) atoms. The van der Waals surface area contributed by atoms with E-state index in [2.05, 4.69) is 5.32 Å². The Bertz CT molecular complexity index is 829. The van der Waals surface area contributed by atoms with Gasteiger partial charge in [-0.15, -0.1) is 0 Å². The molecule has 132 valence electrons. The molecule has 2 aliphatic rings. The van der Waals surface area contributed by atoms with Crippen molar-refractivity contribution in [2.75, 3.05) is 13.3 Å². The van der Waals surface area contributed by atoms with Crippen LogP contribution in [0.1, 0.15) is 30.1 Å². The number of carbonyl (C=O) groups excluding carboxylic acids is 1. The third kappa shape index (κ3) is 2.67. The van der Waals surface area contributed by atoms with E-state index in [-0.39, 0.29) is 34.7 Å². The SMILES string of the molecule is C[C@H](F)c1c(F)cccc1C1C(C(=O)O)=C(CF)NC2=C1C(=O)OC2. The molecule has 0 saturated carbocycles. The minimum Gasteiger partial charge on any atom is -0.478 e. The van der Waals surface area contributed by atoms with Crippen LogP contribution in [0.4, 0.5) is 13.2 Å². The zero-order valence-electron chi connectivity index (χ0n) is 13.1. The van der Waals surface area contributed by atoms with Gasteiger partial charge in [-0.25, -0.2) is 22.8 Å². The quantitative estimate of drug-likeness (QED) is 0.814. The summed E-state index contributed by atoms with van der Waals surface area (Å²) < 4.78 is 46.5. The molecule has 2 N–H and O–H groups in total. The summed E-state index contributed by atoms with van der Waals surface area (Å²) in [5.74, 6) is -4.48. The zero-order valence-corrected chi connectivity index (χ0v) is 13.1. The van der Waals surface area contributed by atoms with E-state index in [0.29, 0.717) is 0 Å². The highest BCUT2D eigenvalue weighted by molar-refractivity contribution is 6.00. The first-order valence-corrected chi connectivity index (χ1v) is 7.48. The van der Waals surface area contributed by atoms with Crippen molar-refractivity contribution in [2.24, 2.45) is 0 Å². The smallest absolute Gasteiger partial charge is 0.337 e. The van der Waals surface area contributed by atoms with Crippen molar-refractivity contribution in [3.8, 4) is 0 Å². The van der Waals surface area contributed by atoms with Gasteiger partial charge in [0.05, 0.1) is 28.5 Å². The number of rotatable bonds is 4. The van der Waals surface area contributed by atoms with E-state index < -0.39 is 42.1 Å². The van der Waals surface area contributed by atoms with Gasteiger partial charge in [-0.3, -0.25) is 0 Å². The average Bonchev–Trinajstić information content (AvgIpc) is 2.93. The van der Waals surface area contributed by atoms with Gasteiger partial charge in [0, 0.05) is 5.56 Å². The third-order valence-corrected chi connectivity index (χ3v) is 4.26. The number of hydrogen-bond donors (Lipinski definition) is 2. The first kappa shape index (κ1) is 17.1. The van der Waals surface area contributed by atoms with Crippen LogP contribution in [0.25, 0.3) is 0 Å². The maximum Gasteiger partial charge on any atom is 0.337 e. The van der Waals surface area contributed by atoms with E-state index in [4.69, 9.17) is 4.74 Å². The van der Waals surface area contributed by atoms with Gasteiger partial charge in [0.25, 0.3) is 0 Å². The molecule has 1 aromatic rings. The van der Waals surface area contributed by atoms with E-state index in [0.717, 1.165) is 13.0 Å². The fourth-order valence-corrected chi connectivity index (χ4v) is 3.27. The maximum absolute atomic E-state index is 14.2. The molecule has 1 unspecified atom stereocenters. The van der Waals surface area contributed by atoms with Crippen LogP contribution in [-0.2, 0) is 14.3 Å². The Kier molecular flexibility index (Phi) is 4.28. The minimum absolute atomic E-state index is 0.0359. The van der Waals surface area contributed by atoms with Gasteiger partial charge in [0.15, 0.2) is 0 Å². The number of benzene rings is 1. The standard InChI is InChI=1S/C17H14F3NO4/c1-7(19)12-8(3-2-4-9(12)20)13-14(16(22)23)10(5-18)21-11-6-25-17(24)15(11)13/h2-4,7,13,21H,5-6H2,1H3,(H,22,23)/t7-,13?/m0/s1. The Morgan fingerprint density at radius 2 is 2.20 bits per heavy atom. The Hall–Kier alpha value is -2.77. The van der Waals surface area contributed by atoms with Crippen LogP contribution in [0.5, 0.6) is 0 Å². The fraction of sp³-hybridized carbons (Fsp3) is 0.294. The molecule has 0 saturated heterocycles. The fourth-order valence-electron chi connectivity index (χ4n) is 3.27. The van der Waals surface area contributed by atoms with Crippen LogP contribution < -0.4 is 5.32 Å². The second-order valence-electron chi connectivity index (χ2n) is 5.72. The molecule has 8 heteroatoms. The molecule has 2 aliphatic heterocycles. The van der Waals surface area contributed by atoms with Crippen LogP contribution in [0, 0.1) is 5.82 Å². The number of dihydropyridines is 1. The van der Waals surface area contributed by atoms with E-state index in [1.807, 2.05) is 0 Å². The maximum atomic E-state index is 14.2. The molecule has 0 spiro atoms. The summed E-state index contributed by atoms with van der Waals surface area (Å²) in [7, 11) is 0.